The maximum atomic E-state index is 12.1. The van der Waals surface area contributed by atoms with Gasteiger partial charge in [0.15, 0.2) is 0 Å². The summed E-state index contributed by atoms with van der Waals surface area (Å²) in [7, 11) is 0. The molecule has 1 aromatic rings. The zero-order valence-electron chi connectivity index (χ0n) is 16.3. The molecule has 1 aliphatic rings. The second-order valence-corrected chi connectivity index (χ2v) is 7.10. The van der Waals surface area contributed by atoms with Gasteiger partial charge in [-0.05, 0) is 31.2 Å². The third-order valence-corrected chi connectivity index (χ3v) is 4.92. The number of amides is 2. The van der Waals surface area contributed by atoms with Gasteiger partial charge in [0.05, 0.1) is 6.04 Å². The summed E-state index contributed by atoms with van der Waals surface area (Å²) in [6.45, 7) is 1.35. The van der Waals surface area contributed by atoms with Crippen molar-refractivity contribution in [1.82, 2.24) is 10.2 Å². The molecule has 1 aromatic carbocycles. The molecule has 1 unspecified atom stereocenters. The fourth-order valence-corrected chi connectivity index (χ4v) is 3.36. The lowest BCUT2D eigenvalue weighted by Crippen LogP contribution is -2.38. The molecule has 154 valence electrons. The molecule has 0 aromatic heterocycles. The van der Waals surface area contributed by atoms with Gasteiger partial charge in [0.1, 0.15) is 6.61 Å². The second-order valence-electron chi connectivity index (χ2n) is 7.10. The first-order valence-corrected chi connectivity index (χ1v) is 10.0. The molecule has 1 aliphatic heterocycles. The van der Waals surface area contributed by atoms with E-state index in [9.17, 15) is 14.4 Å². The Morgan fingerprint density at radius 3 is 2.64 bits per heavy atom. The van der Waals surface area contributed by atoms with Crippen LogP contribution < -0.4 is 5.32 Å². The van der Waals surface area contributed by atoms with Crippen molar-refractivity contribution in [1.29, 1.82) is 0 Å². The number of hydrogen-bond donors (Lipinski definition) is 2. The van der Waals surface area contributed by atoms with E-state index in [0.717, 1.165) is 31.2 Å². The minimum absolute atomic E-state index is 0.0635. The van der Waals surface area contributed by atoms with Crippen molar-refractivity contribution in [3.8, 4) is 0 Å². The summed E-state index contributed by atoms with van der Waals surface area (Å²) in [6, 6.07) is 9.84. The van der Waals surface area contributed by atoms with E-state index in [2.05, 4.69) is 5.32 Å². The highest BCUT2D eigenvalue weighted by molar-refractivity contribution is 5.78. The molecule has 7 nitrogen and oxygen atoms in total. The number of carbonyl (C=O) groups is 3. The zero-order valence-corrected chi connectivity index (χ0v) is 16.3. The van der Waals surface area contributed by atoms with E-state index >= 15 is 0 Å². The number of rotatable bonds is 12. The third-order valence-electron chi connectivity index (χ3n) is 4.92. The molecule has 1 saturated heterocycles. The van der Waals surface area contributed by atoms with Crippen LogP contribution in [0.1, 0.15) is 50.5 Å². The number of nitrogens with one attached hydrogen (secondary N) is 1. The number of likely N-dealkylation sites (tertiary alicyclic amines) is 1. The fraction of sp³-hybridized carbons (Fsp3) is 0.571. The van der Waals surface area contributed by atoms with Crippen LogP contribution in [0.5, 0.6) is 0 Å². The molecular formula is C21H30N2O5. The van der Waals surface area contributed by atoms with Crippen LogP contribution >= 0.6 is 0 Å². The molecular weight excluding hydrogens is 360 g/mol. The number of hydrogen-bond acceptors (Lipinski definition) is 4. The van der Waals surface area contributed by atoms with Crippen molar-refractivity contribution in [3.63, 3.8) is 0 Å². The number of nitrogens with zero attached hydrogens (tertiary/aromatic N) is 1. The number of aliphatic carboxylic acids is 1. The third kappa shape index (κ3) is 7.98. The number of carboxylic acid groups (broad SMARTS) is 1. The van der Waals surface area contributed by atoms with Crippen molar-refractivity contribution < 1.29 is 24.2 Å². The number of ether oxygens (including phenoxy) is 1. The Morgan fingerprint density at radius 1 is 1.14 bits per heavy atom. The molecule has 7 heteroatoms. The summed E-state index contributed by atoms with van der Waals surface area (Å²) < 4.78 is 5.30. The lowest BCUT2D eigenvalue weighted by molar-refractivity contribution is -0.137. The Hall–Kier alpha value is -2.57. The normalized spacial score (nSPS) is 16.2. The van der Waals surface area contributed by atoms with Crippen LogP contribution in [0.2, 0.25) is 0 Å². The zero-order chi connectivity index (χ0) is 20.2. The lowest BCUT2D eigenvalue weighted by atomic mass is 10.1. The summed E-state index contributed by atoms with van der Waals surface area (Å²) in [6.07, 6.45) is 4.92. The Bertz CT molecular complexity index is 635. The average Bonchev–Trinajstić information content (AvgIpc) is 3.03. The highest BCUT2D eigenvalue weighted by Crippen LogP contribution is 2.20. The molecule has 1 atom stereocenters. The van der Waals surface area contributed by atoms with Gasteiger partial charge in [-0.3, -0.25) is 9.59 Å². The van der Waals surface area contributed by atoms with Gasteiger partial charge in [-0.1, -0.05) is 43.2 Å². The minimum atomic E-state index is -0.769. The van der Waals surface area contributed by atoms with Crippen LogP contribution in [0.4, 0.5) is 4.79 Å². The van der Waals surface area contributed by atoms with Crippen molar-refractivity contribution in [2.45, 2.75) is 57.4 Å². The first-order chi connectivity index (χ1) is 13.6. The second kappa shape index (κ2) is 12.0. The summed E-state index contributed by atoms with van der Waals surface area (Å²) in [5, 5.41) is 11.4. The molecule has 28 heavy (non-hydrogen) atoms. The smallest absolute Gasteiger partial charge is 0.407 e. The van der Waals surface area contributed by atoms with Crippen molar-refractivity contribution in [2.75, 3.05) is 19.7 Å². The predicted octanol–water partition coefficient (Wildman–Crippen LogP) is 2.98. The van der Waals surface area contributed by atoms with Gasteiger partial charge < -0.3 is 20.1 Å². The van der Waals surface area contributed by atoms with Gasteiger partial charge in [-0.15, -0.1) is 0 Å². The maximum Gasteiger partial charge on any atom is 0.407 e. The summed E-state index contributed by atoms with van der Waals surface area (Å²) >= 11 is 0. The highest BCUT2D eigenvalue weighted by Gasteiger charge is 2.31. The molecule has 0 bridgehead atoms. The van der Waals surface area contributed by atoms with Crippen LogP contribution in [-0.2, 0) is 20.7 Å². The van der Waals surface area contributed by atoms with Crippen LogP contribution in [-0.4, -0.2) is 53.7 Å². The Kier molecular flexibility index (Phi) is 9.31. The molecule has 0 aliphatic carbocycles. The van der Waals surface area contributed by atoms with Crippen LogP contribution in [0.3, 0.4) is 0 Å². The van der Waals surface area contributed by atoms with Gasteiger partial charge in [0.2, 0.25) is 5.91 Å². The molecule has 2 rings (SSSR count). The Morgan fingerprint density at radius 2 is 1.89 bits per heavy atom. The van der Waals surface area contributed by atoms with Crippen molar-refractivity contribution >= 4 is 18.0 Å². The van der Waals surface area contributed by atoms with Gasteiger partial charge >= 0.3 is 12.1 Å². The van der Waals surface area contributed by atoms with E-state index in [4.69, 9.17) is 9.84 Å². The van der Waals surface area contributed by atoms with Gasteiger partial charge in [0.25, 0.3) is 0 Å². The monoisotopic (exact) mass is 390 g/mol. The number of benzene rings is 1. The fourth-order valence-electron chi connectivity index (χ4n) is 3.36. The van der Waals surface area contributed by atoms with E-state index in [0.29, 0.717) is 32.4 Å². The topological polar surface area (TPSA) is 95.9 Å². The number of unbranched alkanes of at least 4 members (excludes halogenated alkanes) is 3. The van der Waals surface area contributed by atoms with E-state index in [1.54, 1.807) is 4.90 Å². The van der Waals surface area contributed by atoms with Crippen LogP contribution in [0.15, 0.2) is 30.3 Å². The van der Waals surface area contributed by atoms with E-state index in [1.807, 2.05) is 30.3 Å². The SMILES string of the molecule is O=C(O)CCCCCCN1C(=O)CCC1COC(=O)NCCc1ccccc1. The largest absolute Gasteiger partial charge is 0.481 e. The number of carbonyl (C=O) groups excluding carboxylic acids is 2. The average molecular weight is 390 g/mol. The summed E-state index contributed by atoms with van der Waals surface area (Å²) in [4.78, 5) is 36.2. The van der Waals surface area contributed by atoms with Crippen molar-refractivity contribution in [3.05, 3.63) is 35.9 Å². The van der Waals surface area contributed by atoms with E-state index in [-0.39, 0.29) is 25.0 Å². The molecule has 0 saturated carbocycles. The standard InChI is InChI=1S/C21H30N2O5/c24-19-12-11-18(23(19)15-7-2-1-6-10-20(25)26)16-28-21(27)22-14-13-17-8-4-3-5-9-17/h3-5,8-9,18H,1-2,6-7,10-16H2,(H,22,27)(H,25,26). The molecule has 0 spiro atoms. The first kappa shape index (κ1) is 21.7. The lowest BCUT2D eigenvalue weighted by Gasteiger charge is -2.24. The van der Waals surface area contributed by atoms with Crippen LogP contribution in [0, 0.1) is 0 Å². The van der Waals surface area contributed by atoms with E-state index < -0.39 is 12.1 Å². The predicted molar refractivity (Wildman–Crippen MR) is 105 cm³/mol. The number of carboxylic acids is 1. The highest BCUT2D eigenvalue weighted by atomic mass is 16.5. The van der Waals surface area contributed by atoms with Gasteiger partial charge in [-0.25, -0.2) is 4.79 Å². The Labute approximate surface area is 166 Å². The molecule has 1 fully saturated rings. The molecule has 1 heterocycles. The number of alkyl carbamates (subject to hydrolysis) is 1. The minimum Gasteiger partial charge on any atom is -0.481 e. The molecule has 0 radical (unpaired) electrons. The summed E-state index contributed by atoms with van der Waals surface area (Å²) in [5.41, 5.74) is 1.15. The van der Waals surface area contributed by atoms with Crippen LogP contribution in [0.25, 0.3) is 0 Å². The maximum absolute atomic E-state index is 12.1. The van der Waals surface area contributed by atoms with E-state index in [1.165, 1.54) is 0 Å². The molecule has 2 N–H and O–H groups in total. The first-order valence-electron chi connectivity index (χ1n) is 10.0. The van der Waals surface area contributed by atoms with Crippen molar-refractivity contribution in [2.24, 2.45) is 0 Å². The Balaban J connectivity index is 1.61. The van der Waals surface area contributed by atoms with Gasteiger partial charge in [0, 0.05) is 25.9 Å². The molecule has 2 amide bonds. The van der Waals surface area contributed by atoms with Gasteiger partial charge in [-0.2, -0.15) is 0 Å². The summed E-state index contributed by atoms with van der Waals surface area (Å²) in [5.74, 6) is -0.669. The quantitative estimate of drug-likeness (QED) is 0.535.